The minimum absolute atomic E-state index is 0.0753. The largest absolute Gasteiger partial charge is 0.493 e. The summed E-state index contributed by atoms with van der Waals surface area (Å²) in [6.45, 7) is 2.80. The van der Waals surface area contributed by atoms with E-state index < -0.39 is 0 Å². The van der Waals surface area contributed by atoms with Crippen molar-refractivity contribution in [3.8, 4) is 17.6 Å². The number of rotatable bonds is 10. The first-order valence-corrected chi connectivity index (χ1v) is 9.52. The van der Waals surface area contributed by atoms with Crippen LogP contribution in [0.25, 0.3) is 6.08 Å². The Bertz CT molecular complexity index is 920. The summed E-state index contributed by atoms with van der Waals surface area (Å²) in [7, 11) is 1.50. The summed E-state index contributed by atoms with van der Waals surface area (Å²) < 4.78 is 10.5. The van der Waals surface area contributed by atoms with Crippen molar-refractivity contribution in [1.29, 1.82) is 5.26 Å². The van der Waals surface area contributed by atoms with Crippen LogP contribution < -0.4 is 14.8 Å². The minimum atomic E-state index is -0.372. The summed E-state index contributed by atoms with van der Waals surface area (Å²) >= 11 is 0. The highest BCUT2D eigenvalue weighted by molar-refractivity contribution is 5.94. The van der Waals surface area contributed by atoms with Crippen molar-refractivity contribution in [2.75, 3.05) is 26.8 Å². The van der Waals surface area contributed by atoms with Gasteiger partial charge in [0, 0.05) is 19.2 Å². The maximum absolute atomic E-state index is 12.4. The second kappa shape index (κ2) is 11.9. The van der Waals surface area contributed by atoms with Gasteiger partial charge in [0.1, 0.15) is 6.07 Å². The normalized spacial score (nSPS) is 10.3. The standard InChI is InChI=1S/C23H25N3O4/c1-3-26(17-19-7-5-4-6-8-19)23(28)16-25-22(27)12-10-18-9-11-20(30-14-13-24)21(15-18)29-2/h4-12,15H,3,14,16-17H2,1-2H3,(H,25,27)/b12-10+. The first-order chi connectivity index (χ1) is 14.6. The zero-order chi connectivity index (χ0) is 21.8. The summed E-state index contributed by atoms with van der Waals surface area (Å²) in [4.78, 5) is 26.2. The fourth-order valence-corrected chi connectivity index (χ4v) is 2.70. The Morgan fingerprint density at radius 3 is 2.60 bits per heavy atom. The van der Waals surface area contributed by atoms with Gasteiger partial charge in [-0.3, -0.25) is 9.59 Å². The van der Waals surface area contributed by atoms with E-state index in [0.717, 1.165) is 11.1 Å². The number of methoxy groups -OCH3 is 1. The lowest BCUT2D eigenvalue weighted by Crippen LogP contribution is -2.39. The fraction of sp³-hybridized carbons (Fsp3) is 0.261. The number of nitriles is 1. The minimum Gasteiger partial charge on any atom is -0.493 e. The van der Waals surface area contributed by atoms with Gasteiger partial charge in [-0.25, -0.2) is 0 Å². The summed E-state index contributed by atoms with van der Waals surface area (Å²) in [5.41, 5.74) is 1.76. The topological polar surface area (TPSA) is 91.7 Å². The fourth-order valence-electron chi connectivity index (χ4n) is 2.70. The molecule has 0 aliphatic carbocycles. The van der Waals surface area contributed by atoms with Gasteiger partial charge in [-0.1, -0.05) is 36.4 Å². The predicted molar refractivity (Wildman–Crippen MR) is 114 cm³/mol. The first kappa shape index (κ1) is 22.5. The number of hydrogen-bond acceptors (Lipinski definition) is 5. The summed E-state index contributed by atoms with van der Waals surface area (Å²) in [5, 5.41) is 11.2. The molecule has 0 aromatic heterocycles. The second-order valence-corrected chi connectivity index (χ2v) is 6.30. The molecule has 0 atom stereocenters. The van der Waals surface area contributed by atoms with Gasteiger partial charge in [0.2, 0.25) is 11.8 Å². The van der Waals surface area contributed by atoms with Crippen molar-refractivity contribution in [2.45, 2.75) is 13.5 Å². The Labute approximate surface area is 176 Å². The smallest absolute Gasteiger partial charge is 0.244 e. The van der Waals surface area contributed by atoms with Gasteiger partial charge in [-0.05, 0) is 36.3 Å². The maximum atomic E-state index is 12.4. The van der Waals surface area contributed by atoms with E-state index in [0.29, 0.717) is 24.6 Å². The number of benzene rings is 2. The number of hydrogen-bond donors (Lipinski definition) is 1. The molecule has 2 amide bonds. The third-order valence-corrected chi connectivity index (χ3v) is 4.27. The molecule has 0 aliphatic heterocycles. The van der Waals surface area contributed by atoms with Crippen molar-refractivity contribution in [3.05, 3.63) is 65.7 Å². The average molecular weight is 407 g/mol. The highest BCUT2D eigenvalue weighted by Crippen LogP contribution is 2.28. The van der Waals surface area contributed by atoms with E-state index in [1.807, 2.05) is 43.3 Å². The third-order valence-electron chi connectivity index (χ3n) is 4.27. The lowest BCUT2D eigenvalue weighted by Gasteiger charge is -2.21. The van der Waals surface area contributed by atoms with Crippen molar-refractivity contribution in [1.82, 2.24) is 10.2 Å². The van der Waals surface area contributed by atoms with Crippen molar-refractivity contribution in [3.63, 3.8) is 0 Å². The molecule has 156 valence electrons. The van der Waals surface area contributed by atoms with Gasteiger partial charge in [0.05, 0.1) is 13.7 Å². The van der Waals surface area contributed by atoms with E-state index in [9.17, 15) is 9.59 Å². The predicted octanol–water partition coefficient (Wildman–Crippen LogP) is 2.78. The molecule has 0 saturated heterocycles. The second-order valence-electron chi connectivity index (χ2n) is 6.30. The molecule has 0 bridgehead atoms. The van der Waals surface area contributed by atoms with Crippen molar-refractivity contribution in [2.24, 2.45) is 0 Å². The molecule has 0 saturated carbocycles. The highest BCUT2D eigenvalue weighted by Gasteiger charge is 2.12. The molecule has 2 rings (SSSR count). The summed E-state index contributed by atoms with van der Waals surface area (Å²) in [6, 6.07) is 16.7. The number of ether oxygens (including phenoxy) is 2. The summed E-state index contributed by atoms with van der Waals surface area (Å²) in [6.07, 6.45) is 2.96. The number of carbonyl (C=O) groups excluding carboxylic acids is 2. The van der Waals surface area contributed by atoms with Gasteiger partial charge < -0.3 is 19.7 Å². The third kappa shape index (κ3) is 6.99. The molecule has 0 unspecified atom stereocenters. The summed E-state index contributed by atoms with van der Waals surface area (Å²) in [5.74, 6) is 0.387. The van der Waals surface area contributed by atoms with Crippen LogP contribution in [0.1, 0.15) is 18.1 Å². The van der Waals surface area contributed by atoms with E-state index in [2.05, 4.69) is 5.32 Å². The number of amides is 2. The van der Waals surface area contributed by atoms with Crippen LogP contribution in [0.2, 0.25) is 0 Å². The molecule has 1 N–H and O–H groups in total. The molecule has 2 aromatic carbocycles. The zero-order valence-electron chi connectivity index (χ0n) is 17.1. The van der Waals surface area contributed by atoms with Gasteiger partial charge in [-0.2, -0.15) is 5.26 Å². The van der Waals surface area contributed by atoms with Gasteiger partial charge in [0.25, 0.3) is 0 Å². The lowest BCUT2D eigenvalue weighted by molar-refractivity contribution is -0.132. The molecule has 7 heteroatoms. The maximum Gasteiger partial charge on any atom is 0.244 e. The van der Waals surface area contributed by atoms with Crippen LogP contribution >= 0.6 is 0 Å². The van der Waals surface area contributed by atoms with Gasteiger partial charge in [-0.15, -0.1) is 0 Å². The van der Waals surface area contributed by atoms with Crippen LogP contribution in [0.5, 0.6) is 11.5 Å². The van der Waals surface area contributed by atoms with Gasteiger partial charge >= 0.3 is 0 Å². The van der Waals surface area contributed by atoms with E-state index in [4.69, 9.17) is 14.7 Å². The van der Waals surface area contributed by atoms with E-state index >= 15 is 0 Å². The molecule has 7 nitrogen and oxygen atoms in total. The molecule has 0 heterocycles. The van der Waals surface area contributed by atoms with Gasteiger partial charge in [0.15, 0.2) is 18.1 Å². The van der Waals surface area contributed by atoms with Crippen molar-refractivity contribution >= 4 is 17.9 Å². The first-order valence-electron chi connectivity index (χ1n) is 9.52. The monoisotopic (exact) mass is 407 g/mol. The van der Waals surface area contributed by atoms with Crippen LogP contribution in [0.4, 0.5) is 0 Å². The molecule has 2 aromatic rings. The zero-order valence-corrected chi connectivity index (χ0v) is 17.1. The van der Waals surface area contributed by atoms with Crippen LogP contribution in [0.15, 0.2) is 54.6 Å². The number of nitrogens with one attached hydrogen (secondary N) is 1. The van der Waals surface area contributed by atoms with Crippen molar-refractivity contribution < 1.29 is 19.1 Å². The molecular formula is C23H25N3O4. The Morgan fingerprint density at radius 2 is 1.93 bits per heavy atom. The Hall–Kier alpha value is -3.79. The van der Waals surface area contributed by atoms with Crippen LogP contribution in [0, 0.1) is 11.3 Å². The molecule has 0 spiro atoms. The van der Waals surface area contributed by atoms with Crippen LogP contribution in [-0.2, 0) is 16.1 Å². The van der Waals surface area contributed by atoms with E-state index in [1.54, 1.807) is 29.2 Å². The molecule has 0 fully saturated rings. The molecule has 0 aliphatic rings. The van der Waals surface area contributed by atoms with E-state index in [1.165, 1.54) is 13.2 Å². The van der Waals surface area contributed by atoms with Crippen LogP contribution in [-0.4, -0.2) is 43.5 Å². The number of carbonyl (C=O) groups is 2. The lowest BCUT2D eigenvalue weighted by atomic mass is 10.2. The molecule has 0 radical (unpaired) electrons. The SMILES string of the molecule is CCN(Cc1ccccc1)C(=O)CNC(=O)/C=C/c1ccc(OCC#N)c(OC)c1. The number of likely N-dealkylation sites (N-methyl/N-ethyl adjacent to an activating group) is 1. The Morgan fingerprint density at radius 1 is 1.17 bits per heavy atom. The quantitative estimate of drug-likeness (QED) is 0.612. The molecular weight excluding hydrogens is 382 g/mol. The molecule has 30 heavy (non-hydrogen) atoms. The Kier molecular flexibility index (Phi) is 8.94. The van der Waals surface area contributed by atoms with Crippen LogP contribution in [0.3, 0.4) is 0 Å². The average Bonchev–Trinajstić information content (AvgIpc) is 2.79. The number of nitrogens with zero attached hydrogens (tertiary/aromatic N) is 2. The Balaban J connectivity index is 1.89. The highest BCUT2D eigenvalue weighted by atomic mass is 16.5. The van der Waals surface area contributed by atoms with E-state index in [-0.39, 0.29) is 25.0 Å².